The minimum atomic E-state index is -0.306. The normalized spacial score (nSPS) is 13.9. The highest BCUT2D eigenvalue weighted by atomic mass is 16.3. The molecule has 0 saturated carbocycles. The van der Waals surface area contributed by atoms with Crippen molar-refractivity contribution in [2.75, 3.05) is 6.61 Å². The fourth-order valence-electron chi connectivity index (χ4n) is 0.828. The van der Waals surface area contributed by atoms with Gasteiger partial charge in [0.15, 0.2) is 0 Å². The lowest BCUT2D eigenvalue weighted by Crippen LogP contribution is -2.38. The van der Waals surface area contributed by atoms with Gasteiger partial charge in [0.1, 0.15) is 0 Å². The second kappa shape index (κ2) is 5.19. The van der Waals surface area contributed by atoms with E-state index in [-0.39, 0.29) is 24.1 Å². The van der Waals surface area contributed by atoms with Crippen molar-refractivity contribution in [1.29, 1.82) is 0 Å². The molecule has 0 aliphatic rings. The van der Waals surface area contributed by atoms with E-state index in [0.717, 1.165) is 0 Å². The van der Waals surface area contributed by atoms with E-state index in [4.69, 9.17) is 10.8 Å². The largest absolute Gasteiger partial charge is 0.394 e. The standard InChI is InChI=1S/C9H20N2O2/c1-7(6-12)11-8(13)4-5-9(2,3)10/h7,12H,4-6,10H2,1-3H3,(H,11,13)/t7-/m1/s1. The fraction of sp³-hybridized carbons (Fsp3) is 0.889. The van der Waals surface area contributed by atoms with Gasteiger partial charge in [0.2, 0.25) is 5.91 Å². The highest BCUT2D eigenvalue weighted by Gasteiger charge is 2.13. The SMILES string of the molecule is C[C@H](CO)NC(=O)CCC(C)(C)N. The van der Waals surface area contributed by atoms with Crippen LogP contribution in [0, 0.1) is 0 Å². The molecule has 0 radical (unpaired) electrons. The van der Waals surface area contributed by atoms with Crippen molar-refractivity contribution in [2.45, 2.75) is 45.2 Å². The minimum Gasteiger partial charge on any atom is -0.394 e. The summed E-state index contributed by atoms with van der Waals surface area (Å²) in [6.45, 7) is 5.49. The highest BCUT2D eigenvalue weighted by molar-refractivity contribution is 5.76. The molecule has 0 aromatic heterocycles. The van der Waals surface area contributed by atoms with Crippen LogP contribution < -0.4 is 11.1 Å². The molecule has 0 spiro atoms. The molecule has 0 bridgehead atoms. The van der Waals surface area contributed by atoms with E-state index in [9.17, 15) is 4.79 Å². The number of aliphatic hydroxyl groups excluding tert-OH is 1. The zero-order valence-corrected chi connectivity index (χ0v) is 8.63. The molecule has 4 N–H and O–H groups in total. The summed E-state index contributed by atoms with van der Waals surface area (Å²) in [5, 5.41) is 11.3. The van der Waals surface area contributed by atoms with Crippen LogP contribution in [0.2, 0.25) is 0 Å². The van der Waals surface area contributed by atoms with Crippen LogP contribution in [0.1, 0.15) is 33.6 Å². The third-order valence-electron chi connectivity index (χ3n) is 1.68. The summed E-state index contributed by atoms with van der Waals surface area (Å²) in [5.74, 6) is -0.0555. The van der Waals surface area contributed by atoms with E-state index in [0.29, 0.717) is 12.8 Å². The van der Waals surface area contributed by atoms with Gasteiger partial charge in [-0.3, -0.25) is 4.79 Å². The van der Waals surface area contributed by atoms with Gasteiger partial charge in [-0.1, -0.05) is 0 Å². The zero-order chi connectivity index (χ0) is 10.5. The molecular formula is C9H20N2O2. The van der Waals surface area contributed by atoms with Crippen LogP contribution in [0.4, 0.5) is 0 Å². The van der Waals surface area contributed by atoms with Gasteiger partial charge in [-0.25, -0.2) is 0 Å². The maximum atomic E-state index is 11.2. The summed E-state index contributed by atoms with van der Waals surface area (Å²) in [5.41, 5.74) is 5.41. The summed E-state index contributed by atoms with van der Waals surface area (Å²) in [7, 11) is 0. The Morgan fingerprint density at radius 1 is 1.62 bits per heavy atom. The van der Waals surface area contributed by atoms with Crippen molar-refractivity contribution < 1.29 is 9.90 Å². The molecule has 1 atom stereocenters. The molecule has 78 valence electrons. The predicted octanol–water partition coefficient (Wildman–Crippen LogP) is 0.000900. The second-order valence-corrected chi connectivity index (χ2v) is 4.14. The van der Waals surface area contributed by atoms with Gasteiger partial charge in [-0.2, -0.15) is 0 Å². The van der Waals surface area contributed by atoms with Crippen molar-refractivity contribution >= 4 is 5.91 Å². The van der Waals surface area contributed by atoms with Gasteiger partial charge in [0, 0.05) is 18.0 Å². The lowest BCUT2D eigenvalue weighted by Gasteiger charge is -2.18. The Morgan fingerprint density at radius 3 is 2.54 bits per heavy atom. The average Bonchev–Trinajstić information content (AvgIpc) is 1.99. The van der Waals surface area contributed by atoms with Gasteiger partial charge < -0.3 is 16.2 Å². The third-order valence-corrected chi connectivity index (χ3v) is 1.68. The quantitative estimate of drug-likeness (QED) is 0.568. The summed E-state index contributed by atoms with van der Waals surface area (Å²) >= 11 is 0. The predicted molar refractivity (Wildman–Crippen MR) is 52.2 cm³/mol. The first-order chi connectivity index (χ1) is 5.85. The molecule has 0 heterocycles. The Labute approximate surface area is 79.5 Å². The number of rotatable bonds is 5. The summed E-state index contributed by atoms with van der Waals surface area (Å²) in [6.07, 6.45) is 1.06. The van der Waals surface area contributed by atoms with Crippen molar-refractivity contribution in [1.82, 2.24) is 5.32 Å². The molecule has 0 aliphatic carbocycles. The van der Waals surface area contributed by atoms with Crippen LogP contribution in [-0.2, 0) is 4.79 Å². The first-order valence-corrected chi connectivity index (χ1v) is 4.54. The van der Waals surface area contributed by atoms with Crippen LogP contribution in [0.25, 0.3) is 0 Å². The second-order valence-electron chi connectivity index (χ2n) is 4.14. The Bertz CT molecular complexity index is 163. The minimum absolute atomic E-state index is 0.0300. The fourth-order valence-corrected chi connectivity index (χ4v) is 0.828. The van der Waals surface area contributed by atoms with Crippen LogP contribution in [0.15, 0.2) is 0 Å². The molecule has 0 rings (SSSR count). The van der Waals surface area contributed by atoms with Crippen molar-refractivity contribution in [3.05, 3.63) is 0 Å². The molecule has 0 aromatic rings. The smallest absolute Gasteiger partial charge is 0.220 e. The number of hydrogen-bond acceptors (Lipinski definition) is 3. The van der Waals surface area contributed by atoms with Gasteiger partial charge in [0.05, 0.1) is 6.61 Å². The number of carbonyl (C=O) groups excluding carboxylic acids is 1. The molecule has 1 amide bonds. The Balaban J connectivity index is 3.64. The Morgan fingerprint density at radius 2 is 2.15 bits per heavy atom. The molecule has 0 aliphatic heterocycles. The molecule has 4 nitrogen and oxygen atoms in total. The van der Waals surface area contributed by atoms with Crippen LogP contribution in [0.5, 0.6) is 0 Å². The maximum Gasteiger partial charge on any atom is 0.220 e. The topological polar surface area (TPSA) is 75.3 Å². The van der Waals surface area contributed by atoms with Crippen LogP contribution in [0.3, 0.4) is 0 Å². The molecule has 0 saturated heterocycles. The van der Waals surface area contributed by atoms with E-state index in [1.165, 1.54) is 0 Å². The highest BCUT2D eigenvalue weighted by Crippen LogP contribution is 2.06. The van der Waals surface area contributed by atoms with E-state index < -0.39 is 0 Å². The van der Waals surface area contributed by atoms with Gasteiger partial charge in [-0.05, 0) is 27.2 Å². The first-order valence-electron chi connectivity index (χ1n) is 4.54. The Hall–Kier alpha value is -0.610. The van der Waals surface area contributed by atoms with E-state index in [1.807, 2.05) is 13.8 Å². The Kier molecular flexibility index (Phi) is 4.95. The van der Waals surface area contributed by atoms with Crippen molar-refractivity contribution in [3.8, 4) is 0 Å². The summed E-state index contributed by atoms with van der Waals surface area (Å²) in [4.78, 5) is 11.2. The first kappa shape index (κ1) is 12.4. The van der Waals surface area contributed by atoms with Crippen LogP contribution in [-0.4, -0.2) is 29.2 Å². The molecule has 13 heavy (non-hydrogen) atoms. The zero-order valence-electron chi connectivity index (χ0n) is 8.63. The number of amides is 1. The van der Waals surface area contributed by atoms with Crippen molar-refractivity contribution in [3.63, 3.8) is 0 Å². The van der Waals surface area contributed by atoms with E-state index in [2.05, 4.69) is 5.32 Å². The molecule has 0 fully saturated rings. The number of nitrogens with one attached hydrogen (secondary N) is 1. The molecule has 0 aromatic carbocycles. The van der Waals surface area contributed by atoms with Crippen LogP contribution >= 0.6 is 0 Å². The lowest BCUT2D eigenvalue weighted by molar-refractivity contribution is -0.122. The van der Waals surface area contributed by atoms with E-state index in [1.54, 1.807) is 6.92 Å². The van der Waals surface area contributed by atoms with E-state index >= 15 is 0 Å². The number of hydrogen-bond donors (Lipinski definition) is 3. The van der Waals surface area contributed by atoms with Crippen molar-refractivity contribution in [2.24, 2.45) is 5.73 Å². The molecular weight excluding hydrogens is 168 g/mol. The lowest BCUT2D eigenvalue weighted by atomic mass is 10.00. The summed E-state index contributed by atoms with van der Waals surface area (Å²) in [6, 6.07) is -0.173. The molecule has 0 unspecified atom stereocenters. The number of aliphatic hydroxyl groups is 1. The summed E-state index contributed by atoms with van der Waals surface area (Å²) < 4.78 is 0. The maximum absolute atomic E-state index is 11.2. The molecule has 4 heteroatoms. The third kappa shape index (κ3) is 7.74. The number of carbonyl (C=O) groups is 1. The number of nitrogens with two attached hydrogens (primary N) is 1. The van der Waals surface area contributed by atoms with Gasteiger partial charge in [0.25, 0.3) is 0 Å². The monoisotopic (exact) mass is 188 g/mol. The van der Waals surface area contributed by atoms with Gasteiger partial charge >= 0.3 is 0 Å². The average molecular weight is 188 g/mol. The van der Waals surface area contributed by atoms with Gasteiger partial charge in [-0.15, -0.1) is 0 Å².